The average Bonchev–Trinajstić information content (AvgIpc) is 3.19. The number of benzene rings is 2. The summed E-state index contributed by atoms with van der Waals surface area (Å²) in [6, 6.07) is 9.56. The second-order valence-electron chi connectivity index (χ2n) is 6.26. The lowest BCUT2D eigenvalue weighted by atomic mass is 10.1. The molecule has 2 aromatic carbocycles. The summed E-state index contributed by atoms with van der Waals surface area (Å²) >= 11 is 6.47. The highest BCUT2D eigenvalue weighted by Crippen LogP contribution is 2.32. The number of imide groups is 1. The molecule has 0 radical (unpaired) electrons. The van der Waals surface area contributed by atoms with Gasteiger partial charge in [-0.15, -0.1) is 5.06 Å². The zero-order valence-corrected chi connectivity index (χ0v) is 16.1. The van der Waals surface area contributed by atoms with Gasteiger partial charge in [-0.2, -0.15) is 5.10 Å². The van der Waals surface area contributed by atoms with Crippen molar-refractivity contribution in [3.8, 4) is 0 Å². The largest absolute Gasteiger partial charge is 0.317 e. The molecule has 0 unspecified atom stereocenters. The van der Waals surface area contributed by atoms with E-state index < -0.39 is 17.6 Å². The summed E-state index contributed by atoms with van der Waals surface area (Å²) in [6.07, 6.45) is 0.424. The molecular weight excluding hydrogens is 424 g/mol. The number of thioether (sulfide) groups is 1. The normalized spacial score (nSPS) is 16.0. The van der Waals surface area contributed by atoms with Gasteiger partial charge in [0.05, 0.1) is 23.2 Å². The van der Waals surface area contributed by atoms with Crippen molar-refractivity contribution in [1.29, 1.82) is 0 Å². The molecule has 1 fully saturated rings. The number of halogens is 3. The van der Waals surface area contributed by atoms with Crippen LogP contribution in [0.25, 0.3) is 17.0 Å². The number of nitrogens with zero attached hydrogens (tertiary/aromatic N) is 3. The number of hydrogen-bond donors (Lipinski definition) is 1. The van der Waals surface area contributed by atoms with E-state index in [4.69, 9.17) is 11.6 Å². The maximum atomic E-state index is 13.3. The maximum absolute atomic E-state index is 13.3. The Morgan fingerprint density at radius 3 is 2.69 bits per heavy atom. The molecule has 2 heterocycles. The monoisotopic (exact) mass is 435 g/mol. The second kappa shape index (κ2) is 7.58. The first-order valence-electron chi connectivity index (χ1n) is 8.32. The van der Waals surface area contributed by atoms with Crippen LogP contribution in [-0.4, -0.2) is 31.2 Å². The van der Waals surface area contributed by atoms with Crippen molar-refractivity contribution in [3.63, 3.8) is 0 Å². The SMILES string of the molecule is O=C1SC(=Cc2ccc3c(cnn3Cc3ccc(Cl)cc3C(F)F)c2)C(=O)N1O. The quantitative estimate of drug-likeness (QED) is 0.455. The van der Waals surface area contributed by atoms with E-state index in [0.29, 0.717) is 28.4 Å². The van der Waals surface area contributed by atoms with E-state index in [-0.39, 0.29) is 27.1 Å². The summed E-state index contributed by atoms with van der Waals surface area (Å²) in [7, 11) is 0. The van der Waals surface area contributed by atoms with Crippen LogP contribution in [0.2, 0.25) is 5.02 Å². The van der Waals surface area contributed by atoms with Gasteiger partial charge in [-0.3, -0.25) is 19.5 Å². The van der Waals surface area contributed by atoms with Gasteiger partial charge in [0.25, 0.3) is 12.3 Å². The van der Waals surface area contributed by atoms with Gasteiger partial charge in [0.1, 0.15) is 0 Å². The van der Waals surface area contributed by atoms with Crippen molar-refractivity contribution in [2.45, 2.75) is 13.0 Å². The van der Waals surface area contributed by atoms with Gasteiger partial charge in [0, 0.05) is 16.0 Å². The zero-order chi connectivity index (χ0) is 20.7. The van der Waals surface area contributed by atoms with Gasteiger partial charge in [-0.05, 0) is 53.2 Å². The molecular formula is C19H12ClF2N3O3S. The first kappa shape index (κ1) is 19.6. The third-order valence-electron chi connectivity index (χ3n) is 4.40. The maximum Gasteiger partial charge on any atom is 0.317 e. The Morgan fingerprint density at radius 2 is 2.00 bits per heavy atom. The smallest absolute Gasteiger partial charge is 0.278 e. The van der Waals surface area contributed by atoms with E-state index in [0.717, 1.165) is 5.39 Å². The van der Waals surface area contributed by atoms with Gasteiger partial charge in [0.15, 0.2) is 0 Å². The summed E-state index contributed by atoms with van der Waals surface area (Å²) in [5, 5.41) is 13.9. The van der Waals surface area contributed by atoms with Crippen molar-refractivity contribution in [2.75, 3.05) is 0 Å². The fraction of sp³-hybridized carbons (Fsp3) is 0.105. The molecule has 0 atom stereocenters. The number of rotatable bonds is 4. The Morgan fingerprint density at radius 1 is 1.21 bits per heavy atom. The van der Waals surface area contributed by atoms with E-state index in [1.807, 2.05) is 0 Å². The van der Waals surface area contributed by atoms with Crippen molar-refractivity contribution < 1.29 is 23.6 Å². The predicted molar refractivity (Wildman–Crippen MR) is 105 cm³/mol. The molecule has 0 spiro atoms. The van der Waals surface area contributed by atoms with E-state index in [9.17, 15) is 23.6 Å². The van der Waals surface area contributed by atoms with Gasteiger partial charge >= 0.3 is 5.24 Å². The van der Waals surface area contributed by atoms with Crippen molar-refractivity contribution in [1.82, 2.24) is 14.8 Å². The summed E-state index contributed by atoms with van der Waals surface area (Å²) in [4.78, 5) is 23.3. The van der Waals surface area contributed by atoms with Crippen molar-refractivity contribution in [3.05, 3.63) is 69.2 Å². The molecule has 1 N–H and O–H groups in total. The standard InChI is InChI=1S/C19H12ClF2N3O3S/c20-13-3-2-11(14(7-13)17(21)22)9-24-15-4-1-10(5-12(15)8-23-24)6-16-18(26)25(28)19(27)29-16/h1-8,17,28H,9H2. The number of hydrogen-bond acceptors (Lipinski definition) is 5. The van der Waals surface area contributed by atoms with Crippen LogP contribution >= 0.6 is 23.4 Å². The summed E-state index contributed by atoms with van der Waals surface area (Å²) < 4.78 is 28.2. The molecule has 29 heavy (non-hydrogen) atoms. The first-order chi connectivity index (χ1) is 13.8. The van der Waals surface area contributed by atoms with Crippen LogP contribution in [0.5, 0.6) is 0 Å². The highest BCUT2D eigenvalue weighted by Gasteiger charge is 2.34. The molecule has 0 aliphatic carbocycles. The van der Waals surface area contributed by atoms with Crippen LogP contribution in [0.15, 0.2) is 47.5 Å². The first-order valence-corrected chi connectivity index (χ1v) is 9.52. The Labute approximate surface area is 172 Å². The number of carbonyl (C=O) groups excluding carboxylic acids is 2. The van der Waals surface area contributed by atoms with Crippen LogP contribution in [0.4, 0.5) is 13.6 Å². The highest BCUT2D eigenvalue weighted by atomic mass is 35.5. The molecule has 0 bridgehead atoms. The van der Waals surface area contributed by atoms with Crippen LogP contribution in [-0.2, 0) is 11.3 Å². The lowest BCUT2D eigenvalue weighted by Crippen LogP contribution is -2.23. The average molecular weight is 436 g/mol. The predicted octanol–water partition coefficient (Wildman–Crippen LogP) is 5.10. The number of amides is 2. The molecule has 2 amide bonds. The number of carbonyl (C=O) groups is 2. The third kappa shape index (κ3) is 3.76. The topological polar surface area (TPSA) is 75.4 Å². The number of aromatic nitrogens is 2. The molecule has 4 rings (SSSR count). The molecule has 3 aromatic rings. The number of alkyl halides is 2. The van der Waals surface area contributed by atoms with Crippen LogP contribution < -0.4 is 0 Å². The van der Waals surface area contributed by atoms with E-state index in [1.54, 1.807) is 41.2 Å². The highest BCUT2D eigenvalue weighted by molar-refractivity contribution is 8.18. The summed E-state index contributed by atoms with van der Waals surface area (Å²) in [5.74, 6) is -0.780. The van der Waals surface area contributed by atoms with E-state index in [1.165, 1.54) is 12.1 Å². The molecule has 1 saturated heterocycles. The van der Waals surface area contributed by atoms with Crippen molar-refractivity contribution >= 4 is 51.5 Å². The summed E-state index contributed by atoms with van der Waals surface area (Å²) in [6.45, 7) is 0.142. The molecule has 6 nitrogen and oxygen atoms in total. The molecule has 1 aromatic heterocycles. The fourth-order valence-corrected chi connectivity index (χ4v) is 3.91. The Hall–Kier alpha value is -2.75. The summed E-state index contributed by atoms with van der Waals surface area (Å²) in [5.41, 5.74) is 1.62. The fourth-order valence-electron chi connectivity index (χ4n) is 3.01. The lowest BCUT2D eigenvalue weighted by Gasteiger charge is -2.10. The van der Waals surface area contributed by atoms with Gasteiger partial charge < -0.3 is 0 Å². The van der Waals surface area contributed by atoms with E-state index >= 15 is 0 Å². The minimum Gasteiger partial charge on any atom is -0.278 e. The van der Waals surface area contributed by atoms with Gasteiger partial charge in [0.2, 0.25) is 0 Å². The lowest BCUT2D eigenvalue weighted by molar-refractivity contribution is -0.144. The van der Waals surface area contributed by atoms with Crippen LogP contribution in [0, 0.1) is 0 Å². The molecule has 1 aliphatic rings. The number of fused-ring (bicyclic) bond motifs is 1. The van der Waals surface area contributed by atoms with Gasteiger partial charge in [-0.1, -0.05) is 23.7 Å². The zero-order valence-electron chi connectivity index (χ0n) is 14.6. The van der Waals surface area contributed by atoms with Crippen molar-refractivity contribution in [2.24, 2.45) is 0 Å². The molecule has 0 saturated carbocycles. The van der Waals surface area contributed by atoms with Crippen LogP contribution in [0.1, 0.15) is 23.1 Å². The minimum atomic E-state index is -2.65. The van der Waals surface area contributed by atoms with Crippen LogP contribution in [0.3, 0.4) is 0 Å². The minimum absolute atomic E-state index is 0.0692. The molecule has 10 heteroatoms. The van der Waals surface area contributed by atoms with E-state index in [2.05, 4.69) is 5.10 Å². The van der Waals surface area contributed by atoms with Gasteiger partial charge in [-0.25, -0.2) is 8.78 Å². The Bertz CT molecular complexity index is 1180. The Kier molecular flexibility index (Phi) is 5.12. The Balaban J connectivity index is 1.65. The second-order valence-corrected chi connectivity index (χ2v) is 7.69. The molecule has 148 valence electrons. The number of hydroxylamine groups is 2. The third-order valence-corrected chi connectivity index (χ3v) is 5.50. The molecule has 1 aliphatic heterocycles.